The van der Waals surface area contributed by atoms with Crippen molar-refractivity contribution >= 4 is 17.3 Å². The smallest absolute Gasteiger partial charge is 0.260 e. The highest BCUT2D eigenvalue weighted by Gasteiger charge is 2.21. The number of nitrogens with two attached hydrogens (primary N) is 1. The summed E-state index contributed by atoms with van der Waals surface area (Å²) < 4.78 is 0. The second kappa shape index (κ2) is 5.78. The van der Waals surface area contributed by atoms with Crippen molar-refractivity contribution in [3.63, 3.8) is 0 Å². The highest BCUT2D eigenvalue weighted by Crippen LogP contribution is 2.25. The summed E-state index contributed by atoms with van der Waals surface area (Å²) in [6.07, 6.45) is 0. The molecule has 2 aromatic carbocycles. The molecule has 0 aliphatic heterocycles. The molecular weight excluding hydrogens is 248 g/mol. The zero-order chi connectivity index (χ0) is 14.7. The normalized spacial score (nSPS) is 10.3. The molecule has 2 aromatic rings. The van der Waals surface area contributed by atoms with Gasteiger partial charge >= 0.3 is 0 Å². The van der Waals surface area contributed by atoms with E-state index in [0.717, 1.165) is 16.8 Å². The van der Waals surface area contributed by atoms with E-state index in [2.05, 4.69) is 0 Å². The Hall–Kier alpha value is -2.29. The molecule has 2 rings (SSSR count). The Morgan fingerprint density at radius 2 is 1.70 bits per heavy atom. The largest absolute Gasteiger partial charge is 0.398 e. The molecule has 20 heavy (non-hydrogen) atoms. The zero-order valence-corrected chi connectivity index (χ0v) is 12.2. The van der Waals surface area contributed by atoms with Crippen LogP contribution in [-0.4, -0.2) is 12.5 Å². The Kier molecular flexibility index (Phi) is 4.08. The highest BCUT2D eigenvalue weighted by molar-refractivity contribution is 6.10. The number of carbonyl (C=O) groups excluding carboxylic acids is 1. The number of nitrogen functional groups attached to an aromatic ring is 1. The number of hydrogen-bond donors (Lipinski definition) is 1. The van der Waals surface area contributed by atoms with Crippen molar-refractivity contribution in [3.05, 3.63) is 59.2 Å². The lowest BCUT2D eigenvalue weighted by Crippen LogP contribution is -2.32. The van der Waals surface area contributed by atoms with Crippen LogP contribution in [0.2, 0.25) is 0 Å². The van der Waals surface area contributed by atoms with Crippen LogP contribution in [0.4, 0.5) is 11.4 Å². The average Bonchev–Trinajstić information content (AvgIpc) is 2.41. The van der Waals surface area contributed by atoms with E-state index >= 15 is 0 Å². The maximum Gasteiger partial charge on any atom is 0.260 e. The summed E-state index contributed by atoms with van der Waals surface area (Å²) >= 11 is 0. The van der Waals surface area contributed by atoms with Gasteiger partial charge in [0, 0.05) is 17.9 Å². The zero-order valence-electron chi connectivity index (χ0n) is 12.2. The Morgan fingerprint density at radius 1 is 1.05 bits per heavy atom. The maximum absolute atomic E-state index is 12.8. The Bertz CT molecular complexity index is 614. The lowest BCUT2D eigenvalue weighted by atomic mass is 10.0. The van der Waals surface area contributed by atoms with E-state index in [0.29, 0.717) is 17.8 Å². The van der Waals surface area contributed by atoms with Crippen molar-refractivity contribution in [2.45, 2.75) is 20.8 Å². The molecule has 0 saturated carbocycles. The Balaban J connectivity index is 2.48. The van der Waals surface area contributed by atoms with Crippen molar-refractivity contribution in [3.8, 4) is 0 Å². The summed E-state index contributed by atoms with van der Waals surface area (Å²) in [4.78, 5) is 14.6. The summed E-state index contributed by atoms with van der Waals surface area (Å²) in [5, 5.41) is 0. The number of aryl methyl sites for hydroxylation is 2. The van der Waals surface area contributed by atoms with Gasteiger partial charge in [-0.1, -0.05) is 30.3 Å². The van der Waals surface area contributed by atoms with E-state index < -0.39 is 0 Å². The molecule has 0 bridgehead atoms. The molecule has 3 heteroatoms. The lowest BCUT2D eigenvalue weighted by Gasteiger charge is -2.24. The third-order valence-corrected chi connectivity index (χ3v) is 3.49. The Morgan fingerprint density at radius 3 is 2.30 bits per heavy atom. The van der Waals surface area contributed by atoms with Gasteiger partial charge < -0.3 is 10.6 Å². The fourth-order valence-electron chi connectivity index (χ4n) is 2.41. The molecule has 0 aliphatic carbocycles. The first-order chi connectivity index (χ1) is 9.56. The molecule has 0 unspecified atom stereocenters. The van der Waals surface area contributed by atoms with Crippen LogP contribution in [-0.2, 0) is 0 Å². The summed E-state index contributed by atoms with van der Waals surface area (Å²) in [7, 11) is 0. The minimum Gasteiger partial charge on any atom is -0.398 e. The molecule has 0 fully saturated rings. The number of hydrogen-bond acceptors (Lipinski definition) is 2. The fourth-order valence-corrected chi connectivity index (χ4v) is 2.41. The van der Waals surface area contributed by atoms with Crippen molar-refractivity contribution in [2.24, 2.45) is 0 Å². The minimum atomic E-state index is -0.0441. The van der Waals surface area contributed by atoms with Gasteiger partial charge in [0.15, 0.2) is 0 Å². The molecule has 3 nitrogen and oxygen atoms in total. The van der Waals surface area contributed by atoms with Crippen molar-refractivity contribution < 1.29 is 4.79 Å². The number of anilines is 2. The van der Waals surface area contributed by atoms with E-state index in [1.54, 1.807) is 11.0 Å². The number of benzene rings is 2. The Labute approximate surface area is 120 Å². The average molecular weight is 268 g/mol. The van der Waals surface area contributed by atoms with Crippen LogP contribution in [0.15, 0.2) is 42.5 Å². The molecule has 0 heterocycles. The van der Waals surface area contributed by atoms with Gasteiger partial charge in [0.2, 0.25) is 0 Å². The molecule has 0 saturated heterocycles. The van der Waals surface area contributed by atoms with Crippen molar-refractivity contribution in [1.82, 2.24) is 0 Å². The van der Waals surface area contributed by atoms with E-state index in [4.69, 9.17) is 5.73 Å². The highest BCUT2D eigenvalue weighted by atomic mass is 16.2. The van der Waals surface area contributed by atoms with Gasteiger partial charge in [-0.15, -0.1) is 0 Å². The van der Waals surface area contributed by atoms with Crippen LogP contribution >= 0.6 is 0 Å². The molecule has 2 N–H and O–H groups in total. The number of para-hydroxylation sites is 1. The summed E-state index contributed by atoms with van der Waals surface area (Å²) in [6.45, 7) is 6.50. The van der Waals surface area contributed by atoms with E-state index in [-0.39, 0.29) is 5.91 Å². The summed E-state index contributed by atoms with van der Waals surface area (Å²) in [6, 6.07) is 13.4. The van der Waals surface area contributed by atoms with Crippen LogP contribution in [0.25, 0.3) is 0 Å². The molecule has 0 atom stereocenters. The van der Waals surface area contributed by atoms with Gasteiger partial charge in [-0.3, -0.25) is 4.79 Å². The van der Waals surface area contributed by atoms with Gasteiger partial charge in [0.25, 0.3) is 5.91 Å². The fraction of sp³-hybridized carbons (Fsp3) is 0.235. The van der Waals surface area contributed by atoms with Gasteiger partial charge in [-0.25, -0.2) is 0 Å². The predicted octanol–water partition coefficient (Wildman–Crippen LogP) is 3.55. The van der Waals surface area contributed by atoms with Gasteiger partial charge in [0.1, 0.15) is 0 Å². The standard InChI is InChI=1S/C17H20N2O/c1-4-19(15-11-6-5-8-12(15)2)17(20)16-13(3)9-7-10-14(16)18/h5-11H,4,18H2,1-3H3. The van der Waals surface area contributed by atoms with E-state index in [1.807, 2.05) is 57.2 Å². The summed E-state index contributed by atoms with van der Waals surface area (Å²) in [5.41, 5.74) is 10.0. The number of amides is 1. The molecule has 0 aliphatic rings. The van der Waals surface area contributed by atoms with E-state index in [1.165, 1.54) is 0 Å². The molecule has 0 aromatic heterocycles. The number of rotatable bonds is 3. The van der Waals surface area contributed by atoms with E-state index in [9.17, 15) is 4.79 Å². The quantitative estimate of drug-likeness (QED) is 0.865. The first-order valence-corrected chi connectivity index (χ1v) is 6.78. The first-order valence-electron chi connectivity index (χ1n) is 6.78. The van der Waals surface area contributed by atoms with Crippen LogP contribution in [0.3, 0.4) is 0 Å². The molecule has 0 radical (unpaired) electrons. The third-order valence-electron chi connectivity index (χ3n) is 3.49. The van der Waals surface area contributed by atoms with Crippen LogP contribution in [0.1, 0.15) is 28.4 Å². The summed E-state index contributed by atoms with van der Waals surface area (Å²) in [5.74, 6) is -0.0441. The van der Waals surface area contributed by atoms with Crippen LogP contribution in [0, 0.1) is 13.8 Å². The van der Waals surface area contributed by atoms with Gasteiger partial charge in [-0.2, -0.15) is 0 Å². The first kappa shape index (κ1) is 14.1. The number of nitrogens with zero attached hydrogens (tertiary/aromatic N) is 1. The molecule has 1 amide bonds. The third kappa shape index (κ3) is 2.52. The van der Waals surface area contributed by atoms with Gasteiger partial charge in [0.05, 0.1) is 5.56 Å². The van der Waals surface area contributed by atoms with Crippen LogP contribution < -0.4 is 10.6 Å². The second-order valence-corrected chi connectivity index (χ2v) is 4.88. The minimum absolute atomic E-state index is 0.0441. The van der Waals surface area contributed by atoms with Crippen molar-refractivity contribution in [1.29, 1.82) is 0 Å². The SMILES string of the molecule is CCN(C(=O)c1c(C)cccc1N)c1ccccc1C. The maximum atomic E-state index is 12.8. The second-order valence-electron chi connectivity index (χ2n) is 4.88. The monoisotopic (exact) mass is 268 g/mol. The number of carbonyl (C=O) groups is 1. The predicted molar refractivity (Wildman–Crippen MR) is 84.1 cm³/mol. The van der Waals surface area contributed by atoms with Crippen LogP contribution in [0.5, 0.6) is 0 Å². The topological polar surface area (TPSA) is 46.3 Å². The lowest BCUT2D eigenvalue weighted by molar-refractivity contribution is 0.0988. The van der Waals surface area contributed by atoms with Crippen molar-refractivity contribution in [2.75, 3.05) is 17.2 Å². The van der Waals surface area contributed by atoms with Gasteiger partial charge in [-0.05, 0) is 44.0 Å². The molecule has 0 spiro atoms. The molecule has 104 valence electrons. The molecular formula is C17H20N2O.